The minimum Gasteiger partial charge on any atom is -0.495 e. The lowest BCUT2D eigenvalue weighted by atomic mass is 10.2. The molecule has 2 aromatic carbocycles. The minimum atomic E-state index is -3.79. The van der Waals surface area contributed by atoms with E-state index < -0.39 is 15.9 Å². The molecular weight excluding hydrogens is 416 g/mol. The summed E-state index contributed by atoms with van der Waals surface area (Å²) < 4.78 is 35.1. The van der Waals surface area contributed by atoms with E-state index in [0.717, 1.165) is 29.9 Å². The van der Waals surface area contributed by atoms with E-state index in [4.69, 9.17) is 4.74 Å². The van der Waals surface area contributed by atoms with Crippen molar-refractivity contribution in [3.63, 3.8) is 0 Å². The van der Waals surface area contributed by atoms with Crippen LogP contribution in [0, 0.1) is 13.8 Å². The molecule has 0 spiro atoms. The van der Waals surface area contributed by atoms with Gasteiger partial charge in [-0.25, -0.2) is 17.8 Å². The number of ether oxygens (including phenoxy) is 1. The van der Waals surface area contributed by atoms with Gasteiger partial charge in [-0.05, 0) is 63.1 Å². The molecule has 31 heavy (non-hydrogen) atoms. The van der Waals surface area contributed by atoms with Crippen LogP contribution in [0.25, 0.3) is 5.69 Å². The zero-order chi connectivity index (χ0) is 22.2. The molecule has 1 amide bonds. The molecule has 1 fully saturated rings. The summed E-state index contributed by atoms with van der Waals surface area (Å²) >= 11 is 0. The second-order valence-electron chi connectivity index (χ2n) is 7.57. The van der Waals surface area contributed by atoms with Crippen molar-refractivity contribution in [2.24, 2.45) is 0 Å². The molecule has 1 heterocycles. The summed E-state index contributed by atoms with van der Waals surface area (Å²) in [5.74, 6) is -0.243. The van der Waals surface area contributed by atoms with Gasteiger partial charge in [0.05, 0.1) is 24.2 Å². The van der Waals surface area contributed by atoms with Crippen LogP contribution in [0.1, 0.15) is 34.6 Å². The van der Waals surface area contributed by atoms with Crippen LogP contribution in [0.5, 0.6) is 5.75 Å². The van der Waals surface area contributed by atoms with Crippen molar-refractivity contribution in [2.45, 2.75) is 37.6 Å². The largest absolute Gasteiger partial charge is 0.495 e. The number of para-hydroxylation sites is 2. The number of carbonyl (C=O) groups is 1. The molecule has 8 nitrogen and oxygen atoms in total. The summed E-state index contributed by atoms with van der Waals surface area (Å²) in [6.07, 6.45) is 1.62. The number of aryl methyl sites for hydroxylation is 2. The molecule has 9 heteroatoms. The molecule has 3 aromatic rings. The molecule has 1 saturated carbocycles. The fourth-order valence-corrected chi connectivity index (χ4v) is 4.84. The Morgan fingerprint density at radius 2 is 1.87 bits per heavy atom. The maximum Gasteiger partial charge on any atom is 0.255 e. The molecule has 0 aliphatic heterocycles. The van der Waals surface area contributed by atoms with Gasteiger partial charge in [0.25, 0.3) is 5.91 Å². The van der Waals surface area contributed by atoms with Crippen LogP contribution in [0.15, 0.2) is 53.4 Å². The lowest BCUT2D eigenvalue weighted by Crippen LogP contribution is -2.26. The van der Waals surface area contributed by atoms with Crippen molar-refractivity contribution in [3.8, 4) is 11.4 Å². The van der Waals surface area contributed by atoms with Gasteiger partial charge in [0.15, 0.2) is 0 Å². The highest BCUT2D eigenvalue weighted by Crippen LogP contribution is 2.29. The number of anilines is 1. The highest BCUT2D eigenvalue weighted by molar-refractivity contribution is 7.89. The van der Waals surface area contributed by atoms with E-state index in [9.17, 15) is 13.2 Å². The highest BCUT2D eigenvalue weighted by Gasteiger charge is 2.30. The quantitative estimate of drug-likeness (QED) is 0.587. The van der Waals surface area contributed by atoms with Crippen LogP contribution in [0.3, 0.4) is 0 Å². The number of carbonyl (C=O) groups excluding carboxylic acids is 1. The highest BCUT2D eigenvalue weighted by atomic mass is 32.2. The van der Waals surface area contributed by atoms with Gasteiger partial charge < -0.3 is 10.1 Å². The van der Waals surface area contributed by atoms with E-state index in [1.165, 1.54) is 25.3 Å². The first-order valence-electron chi connectivity index (χ1n) is 9.93. The topological polar surface area (TPSA) is 102 Å². The van der Waals surface area contributed by atoms with Crippen molar-refractivity contribution >= 4 is 21.6 Å². The van der Waals surface area contributed by atoms with Gasteiger partial charge in [-0.2, -0.15) is 5.10 Å². The zero-order valence-corrected chi connectivity index (χ0v) is 18.4. The lowest BCUT2D eigenvalue weighted by Gasteiger charge is -2.14. The second-order valence-corrected chi connectivity index (χ2v) is 9.25. The number of hydrogen-bond donors (Lipinski definition) is 2. The minimum absolute atomic E-state index is 0.0543. The number of rotatable bonds is 7. The third kappa shape index (κ3) is 4.47. The van der Waals surface area contributed by atoms with E-state index >= 15 is 0 Å². The van der Waals surface area contributed by atoms with Gasteiger partial charge >= 0.3 is 0 Å². The van der Waals surface area contributed by atoms with Crippen molar-refractivity contribution in [2.75, 3.05) is 12.4 Å². The normalized spacial score (nSPS) is 13.8. The molecule has 4 rings (SSSR count). The van der Waals surface area contributed by atoms with Crippen LogP contribution in [-0.2, 0) is 10.0 Å². The number of nitrogens with zero attached hydrogens (tertiary/aromatic N) is 2. The summed E-state index contributed by atoms with van der Waals surface area (Å²) in [5, 5.41) is 7.36. The Hall–Kier alpha value is -3.17. The Morgan fingerprint density at radius 3 is 2.52 bits per heavy atom. The fraction of sp³-hybridized carbons (Fsp3) is 0.273. The van der Waals surface area contributed by atoms with Crippen molar-refractivity contribution < 1.29 is 17.9 Å². The summed E-state index contributed by atoms with van der Waals surface area (Å²) in [6.45, 7) is 3.84. The smallest absolute Gasteiger partial charge is 0.255 e. The SMILES string of the molecule is COc1ccc(C(=O)Nc2ccccc2-n2nc(C)cc2C)cc1S(=O)(=O)NC1CC1. The summed E-state index contributed by atoms with van der Waals surface area (Å²) in [6, 6.07) is 13.6. The molecule has 1 aliphatic rings. The van der Waals surface area contributed by atoms with E-state index in [0.29, 0.717) is 5.69 Å². The number of amides is 1. The zero-order valence-electron chi connectivity index (χ0n) is 17.5. The number of aromatic nitrogens is 2. The number of nitrogens with one attached hydrogen (secondary N) is 2. The summed E-state index contributed by atoms with van der Waals surface area (Å²) in [5.41, 5.74) is 3.29. The molecule has 2 N–H and O–H groups in total. The van der Waals surface area contributed by atoms with Gasteiger partial charge in [0.2, 0.25) is 10.0 Å². The predicted molar refractivity (Wildman–Crippen MR) is 117 cm³/mol. The Labute approximate surface area is 181 Å². The monoisotopic (exact) mass is 440 g/mol. The van der Waals surface area contributed by atoms with Crippen LogP contribution in [0.2, 0.25) is 0 Å². The molecule has 0 unspecified atom stereocenters. The molecule has 0 radical (unpaired) electrons. The number of sulfonamides is 1. The standard InChI is InChI=1S/C22H24N4O4S/c1-14-12-15(2)26(24-14)19-7-5-4-6-18(19)23-22(27)16-8-11-20(30-3)21(13-16)31(28,29)25-17-9-10-17/h4-8,11-13,17,25H,9-10H2,1-3H3,(H,23,27). The van der Waals surface area contributed by atoms with Crippen LogP contribution in [-0.4, -0.2) is 37.3 Å². The average molecular weight is 441 g/mol. The Bertz CT molecular complexity index is 1250. The number of hydrogen-bond acceptors (Lipinski definition) is 5. The van der Waals surface area contributed by atoms with E-state index in [1.807, 2.05) is 38.1 Å². The van der Waals surface area contributed by atoms with Gasteiger partial charge in [0.1, 0.15) is 10.6 Å². The van der Waals surface area contributed by atoms with E-state index in [-0.39, 0.29) is 22.3 Å². The average Bonchev–Trinajstić information content (AvgIpc) is 3.48. The maximum absolute atomic E-state index is 13.0. The fourth-order valence-electron chi connectivity index (χ4n) is 3.34. The predicted octanol–water partition coefficient (Wildman–Crippen LogP) is 3.19. The van der Waals surface area contributed by atoms with Gasteiger partial charge in [0, 0.05) is 17.3 Å². The third-order valence-electron chi connectivity index (χ3n) is 5.00. The Kier molecular flexibility index (Phi) is 5.55. The van der Waals surface area contributed by atoms with Gasteiger partial charge in [-0.1, -0.05) is 12.1 Å². The maximum atomic E-state index is 13.0. The van der Waals surface area contributed by atoms with Gasteiger partial charge in [-0.15, -0.1) is 0 Å². The Balaban J connectivity index is 1.66. The molecule has 1 aromatic heterocycles. The van der Waals surface area contributed by atoms with Crippen LogP contribution < -0.4 is 14.8 Å². The lowest BCUT2D eigenvalue weighted by molar-refractivity contribution is 0.102. The first-order valence-corrected chi connectivity index (χ1v) is 11.4. The van der Waals surface area contributed by atoms with Crippen molar-refractivity contribution in [1.82, 2.24) is 14.5 Å². The first kappa shape index (κ1) is 21.1. The number of methoxy groups -OCH3 is 1. The van der Waals surface area contributed by atoms with Gasteiger partial charge in [-0.3, -0.25) is 4.79 Å². The second kappa shape index (κ2) is 8.16. The molecule has 162 valence electrons. The Morgan fingerprint density at radius 1 is 1.13 bits per heavy atom. The van der Waals surface area contributed by atoms with E-state index in [2.05, 4.69) is 15.1 Å². The molecule has 0 saturated heterocycles. The molecular formula is C22H24N4O4S. The summed E-state index contributed by atoms with van der Waals surface area (Å²) in [4.78, 5) is 13.0. The van der Waals surface area contributed by atoms with Crippen molar-refractivity contribution in [1.29, 1.82) is 0 Å². The molecule has 0 bridgehead atoms. The number of benzene rings is 2. The first-order chi connectivity index (χ1) is 14.8. The summed E-state index contributed by atoms with van der Waals surface area (Å²) in [7, 11) is -2.39. The van der Waals surface area contributed by atoms with Crippen LogP contribution >= 0.6 is 0 Å². The third-order valence-corrected chi connectivity index (χ3v) is 6.55. The van der Waals surface area contributed by atoms with Crippen molar-refractivity contribution in [3.05, 3.63) is 65.5 Å². The van der Waals surface area contributed by atoms with E-state index in [1.54, 1.807) is 10.7 Å². The van der Waals surface area contributed by atoms with Crippen LogP contribution in [0.4, 0.5) is 5.69 Å². The molecule has 0 atom stereocenters. The molecule has 1 aliphatic carbocycles.